The molecule has 0 atom stereocenters. The number of benzene rings is 1. The average molecular weight is 434 g/mol. The number of thiophene rings is 1. The molecule has 0 unspecified atom stereocenters. The van der Waals surface area contributed by atoms with E-state index in [0.717, 1.165) is 36.1 Å². The van der Waals surface area contributed by atoms with Crippen molar-refractivity contribution < 1.29 is 23.5 Å². The maximum atomic E-state index is 12.3. The highest BCUT2D eigenvalue weighted by atomic mass is 32.1. The molecule has 0 bridgehead atoms. The summed E-state index contributed by atoms with van der Waals surface area (Å²) in [5.74, 6) is -0.401. The molecule has 1 aliphatic carbocycles. The molecule has 0 saturated carbocycles. The van der Waals surface area contributed by atoms with Gasteiger partial charge in [0.15, 0.2) is 18.7 Å². The van der Waals surface area contributed by atoms with E-state index in [4.69, 9.17) is 9.15 Å². The van der Waals surface area contributed by atoms with Gasteiger partial charge in [-0.25, -0.2) is 4.79 Å². The lowest BCUT2D eigenvalue weighted by molar-refractivity contribution is -0.119. The molecular formula is C23H18N2O5S. The summed E-state index contributed by atoms with van der Waals surface area (Å²) in [6, 6.07) is 11.9. The van der Waals surface area contributed by atoms with Crippen LogP contribution in [-0.2, 0) is 22.4 Å². The highest BCUT2D eigenvalue weighted by Gasteiger charge is 2.22. The number of carbonyl (C=O) groups is 3. The zero-order valence-electron chi connectivity index (χ0n) is 16.5. The van der Waals surface area contributed by atoms with Gasteiger partial charge in [-0.15, -0.1) is 11.3 Å². The van der Waals surface area contributed by atoms with E-state index >= 15 is 0 Å². The normalized spacial score (nSPS) is 12.5. The van der Waals surface area contributed by atoms with Crippen LogP contribution in [0.4, 0.5) is 5.00 Å². The summed E-state index contributed by atoms with van der Waals surface area (Å²) < 4.78 is 10.5. The number of anilines is 1. The summed E-state index contributed by atoms with van der Waals surface area (Å²) >= 11 is 1.42. The predicted octanol–water partition coefficient (Wildman–Crippen LogP) is 4.37. The van der Waals surface area contributed by atoms with Crippen molar-refractivity contribution in [2.45, 2.75) is 25.7 Å². The van der Waals surface area contributed by atoms with Crippen LogP contribution in [-0.4, -0.2) is 24.8 Å². The van der Waals surface area contributed by atoms with E-state index in [2.05, 4.69) is 11.4 Å². The molecule has 0 fully saturated rings. The molecule has 3 aromatic rings. The Labute approximate surface area is 182 Å². The third-order valence-corrected chi connectivity index (χ3v) is 6.23. The van der Waals surface area contributed by atoms with Crippen molar-refractivity contribution in [2.75, 3.05) is 11.9 Å². The Bertz CT molecular complexity index is 1180. The van der Waals surface area contributed by atoms with Crippen LogP contribution >= 0.6 is 11.3 Å². The van der Waals surface area contributed by atoms with Crippen LogP contribution in [0.15, 0.2) is 40.8 Å². The Hall–Kier alpha value is -3.70. The maximum absolute atomic E-state index is 12.3. The first-order valence-corrected chi connectivity index (χ1v) is 10.6. The van der Waals surface area contributed by atoms with Gasteiger partial charge in [0.2, 0.25) is 0 Å². The number of esters is 1. The molecule has 0 aliphatic heterocycles. The summed E-state index contributed by atoms with van der Waals surface area (Å²) in [4.78, 5) is 36.4. The summed E-state index contributed by atoms with van der Waals surface area (Å²) in [6.45, 7) is -0.450. The van der Waals surface area contributed by atoms with E-state index in [1.54, 1.807) is 36.4 Å². The number of furan rings is 1. The third kappa shape index (κ3) is 4.42. The highest BCUT2D eigenvalue weighted by Crippen LogP contribution is 2.37. The fourth-order valence-electron chi connectivity index (χ4n) is 3.49. The number of aldehydes is 1. The monoisotopic (exact) mass is 434 g/mol. The van der Waals surface area contributed by atoms with Crippen LogP contribution in [0.5, 0.6) is 0 Å². The summed E-state index contributed by atoms with van der Waals surface area (Å²) in [5, 5.41) is 12.7. The molecule has 0 saturated heterocycles. The lowest BCUT2D eigenvalue weighted by Gasteiger charge is -2.09. The van der Waals surface area contributed by atoms with Gasteiger partial charge in [0.25, 0.3) is 5.91 Å². The van der Waals surface area contributed by atoms with Gasteiger partial charge in [-0.05, 0) is 55.5 Å². The van der Waals surface area contributed by atoms with Crippen molar-refractivity contribution in [3.63, 3.8) is 0 Å². The predicted molar refractivity (Wildman–Crippen MR) is 114 cm³/mol. The fourth-order valence-corrected chi connectivity index (χ4v) is 4.75. The van der Waals surface area contributed by atoms with Crippen LogP contribution in [0.1, 0.15) is 49.8 Å². The number of amides is 1. The molecule has 7 nitrogen and oxygen atoms in total. The number of hydrogen-bond donors (Lipinski definition) is 1. The Kier molecular flexibility index (Phi) is 5.96. The molecule has 1 amide bonds. The maximum Gasteiger partial charge on any atom is 0.338 e. The molecule has 1 aromatic carbocycles. The summed E-state index contributed by atoms with van der Waals surface area (Å²) in [7, 11) is 0. The zero-order chi connectivity index (χ0) is 21.8. The lowest BCUT2D eigenvalue weighted by Crippen LogP contribution is -2.20. The van der Waals surface area contributed by atoms with Gasteiger partial charge < -0.3 is 14.5 Å². The minimum Gasteiger partial charge on any atom is -0.453 e. The van der Waals surface area contributed by atoms with Crippen molar-refractivity contribution in [2.24, 2.45) is 0 Å². The fraction of sp³-hybridized carbons (Fsp3) is 0.217. The molecular weight excluding hydrogens is 416 g/mol. The SMILES string of the molecule is N#Cc1c(NC(=O)COC(=O)c2ccc(-c3ccc(C=O)o3)cc2)sc2c1CCCC2. The number of aryl methyl sites for hydroxylation is 1. The minimum atomic E-state index is -0.638. The number of rotatable bonds is 6. The number of nitrogens with one attached hydrogen (secondary N) is 1. The number of nitrogens with zero attached hydrogens (tertiary/aromatic N) is 1. The van der Waals surface area contributed by atoms with Gasteiger partial charge in [0.05, 0.1) is 11.1 Å². The topological polar surface area (TPSA) is 109 Å². The van der Waals surface area contributed by atoms with Crippen molar-refractivity contribution >= 4 is 34.5 Å². The molecule has 31 heavy (non-hydrogen) atoms. The smallest absolute Gasteiger partial charge is 0.338 e. The van der Waals surface area contributed by atoms with Gasteiger partial charge in [-0.3, -0.25) is 9.59 Å². The van der Waals surface area contributed by atoms with Crippen molar-refractivity contribution in [1.29, 1.82) is 5.26 Å². The zero-order valence-corrected chi connectivity index (χ0v) is 17.3. The quantitative estimate of drug-likeness (QED) is 0.456. The largest absolute Gasteiger partial charge is 0.453 e. The van der Waals surface area contributed by atoms with Gasteiger partial charge in [-0.2, -0.15) is 5.26 Å². The second-order valence-electron chi connectivity index (χ2n) is 7.05. The molecule has 2 heterocycles. The van der Waals surface area contributed by atoms with E-state index < -0.39 is 18.5 Å². The summed E-state index contributed by atoms with van der Waals surface area (Å²) in [6.07, 6.45) is 4.51. The Morgan fingerprint density at radius 1 is 1.16 bits per heavy atom. The molecule has 4 rings (SSSR count). The van der Waals surface area contributed by atoms with Crippen molar-refractivity contribution in [3.05, 3.63) is 63.7 Å². The van der Waals surface area contributed by atoms with Gasteiger partial charge in [-0.1, -0.05) is 12.1 Å². The molecule has 1 aliphatic rings. The Balaban J connectivity index is 1.35. The molecule has 8 heteroatoms. The Morgan fingerprint density at radius 3 is 2.65 bits per heavy atom. The van der Waals surface area contributed by atoms with Crippen LogP contribution in [0.25, 0.3) is 11.3 Å². The van der Waals surface area contributed by atoms with Crippen LogP contribution in [0.3, 0.4) is 0 Å². The second-order valence-corrected chi connectivity index (χ2v) is 8.15. The van der Waals surface area contributed by atoms with E-state index in [1.807, 2.05) is 0 Å². The lowest BCUT2D eigenvalue weighted by atomic mass is 9.96. The molecule has 0 spiro atoms. The average Bonchev–Trinajstić information content (AvgIpc) is 3.41. The van der Waals surface area contributed by atoms with Crippen molar-refractivity contribution in [3.8, 4) is 17.4 Å². The first-order valence-electron chi connectivity index (χ1n) is 9.76. The second kappa shape index (κ2) is 8.98. The molecule has 0 radical (unpaired) electrons. The standard InChI is InChI=1S/C23H18N2O5S/c24-11-18-17-3-1-2-4-20(17)31-22(18)25-21(27)13-29-23(28)15-7-5-14(6-8-15)19-10-9-16(12-26)30-19/h5-10,12H,1-4,13H2,(H,25,27). The first kappa shape index (κ1) is 20.6. The number of fused-ring (bicyclic) bond motifs is 1. The first-order chi connectivity index (χ1) is 15.1. The molecule has 156 valence electrons. The minimum absolute atomic E-state index is 0.218. The Morgan fingerprint density at radius 2 is 1.94 bits per heavy atom. The van der Waals surface area contributed by atoms with Gasteiger partial charge >= 0.3 is 5.97 Å². The number of ether oxygens (including phenoxy) is 1. The van der Waals surface area contributed by atoms with Crippen LogP contribution in [0.2, 0.25) is 0 Å². The van der Waals surface area contributed by atoms with E-state index in [0.29, 0.717) is 28.2 Å². The summed E-state index contributed by atoms with van der Waals surface area (Å²) in [5.41, 5.74) is 2.53. The van der Waals surface area contributed by atoms with E-state index in [1.165, 1.54) is 11.3 Å². The molecule has 2 aromatic heterocycles. The van der Waals surface area contributed by atoms with Crippen LogP contribution in [0, 0.1) is 11.3 Å². The number of hydrogen-bond acceptors (Lipinski definition) is 7. The van der Waals surface area contributed by atoms with E-state index in [9.17, 15) is 19.6 Å². The van der Waals surface area contributed by atoms with E-state index in [-0.39, 0.29) is 11.3 Å². The molecule has 1 N–H and O–H groups in total. The van der Waals surface area contributed by atoms with Crippen molar-refractivity contribution in [1.82, 2.24) is 0 Å². The highest BCUT2D eigenvalue weighted by molar-refractivity contribution is 7.16. The van der Waals surface area contributed by atoms with Crippen LogP contribution < -0.4 is 5.32 Å². The number of nitriles is 1. The van der Waals surface area contributed by atoms with Gasteiger partial charge in [0, 0.05) is 10.4 Å². The van der Waals surface area contributed by atoms with Gasteiger partial charge in [0.1, 0.15) is 16.8 Å². The number of carbonyl (C=O) groups excluding carboxylic acids is 3. The third-order valence-electron chi connectivity index (χ3n) is 5.02.